The Morgan fingerprint density at radius 2 is 2.00 bits per heavy atom. The van der Waals surface area contributed by atoms with Gasteiger partial charge in [-0.1, -0.05) is 0 Å². The van der Waals surface area contributed by atoms with Crippen LogP contribution in [0.2, 0.25) is 0 Å². The Morgan fingerprint density at radius 1 is 1.56 bits per heavy atom. The molecule has 1 atom stereocenters. The van der Waals surface area contributed by atoms with Gasteiger partial charge in [-0.05, 0) is 0 Å². The van der Waals surface area contributed by atoms with Crippen LogP contribution < -0.4 is 0 Å². The van der Waals surface area contributed by atoms with Crippen LogP contribution in [0, 0.1) is 0 Å². The fourth-order valence-electron chi connectivity index (χ4n) is 0.184. The van der Waals surface area contributed by atoms with Gasteiger partial charge in [0, 0.05) is 7.11 Å². The molecule has 0 radical (unpaired) electrons. The fourth-order valence-corrected chi connectivity index (χ4v) is 0.551. The number of hydrogen-bond acceptors (Lipinski definition) is 4. The first-order chi connectivity index (χ1) is 4.04. The number of carbonyl (C=O) groups is 1. The van der Waals surface area contributed by atoms with Crippen molar-refractivity contribution in [1.82, 2.24) is 0 Å². The van der Waals surface area contributed by atoms with E-state index in [0.29, 0.717) is 0 Å². The maximum atomic E-state index is 12.1. The molecule has 0 aliphatic heterocycles. The predicted molar refractivity (Wildman–Crippen MR) is 28.1 cm³/mol. The molecule has 0 aromatic heterocycles. The molecule has 0 aliphatic rings. The highest BCUT2D eigenvalue weighted by Crippen LogP contribution is 2.49. The van der Waals surface area contributed by atoms with Crippen molar-refractivity contribution in [2.45, 2.75) is 0 Å². The number of rotatable bonds is 2. The van der Waals surface area contributed by atoms with Crippen LogP contribution in [0.25, 0.3) is 0 Å². The molecule has 0 rings (SSSR count). The van der Waals surface area contributed by atoms with E-state index in [4.69, 9.17) is 0 Å². The molecule has 0 saturated heterocycles. The van der Waals surface area contributed by atoms with Gasteiger partial charge in [0.05, 0.1) is 7.11 Å². The van der Waals surface area contributed by atoms with E-state index in [0.717, 1.165) is 14.2 Å². The van der Waals surface area contributed by atoms with Crippen LogP contribution in [0.15, 0.2) is 0 Å². The second-order valence-electron chi connectivity index (χ2n) is 1.13. The SMILES string of the molecule is COC(=O)P(=O)(F)OC. The normalized spacial score (nSPS) is 16.3. The first kappa shape index (κ1) is 8.59. The first-order valence-electron chi connectivity index (χ1n) is 1.98. The van der Waals surface area contributed by atoms with Crippen LogP contribution in [-0.4, -0.2) is 19.9 Å². The molecule has 0 saturated carbocycles. The summed E-state index contributed by atoms with van der Waals surface area (Å²) in [6, 6.07) is 0. The van der Waals surface area contributed by atoms with Crippen LogP contribution in [0.1, 0.15) is 0 Å². The zero-order valence-corrected chi connectivity index (χ0v) is 5.85. The van der Waals surface area contributed by atoms with Gasteiger partial charge in [0.1, 0.15) is 0 Å². The average molecular weight is 156 g/mol. The van der Waals surface area contributed by atoms with Crippen LogP contribution in [0.4, 0.5) is 8.99 Å². The van der Waals surface area contributed by atoms with Crippen molar-refractivity contribution in [2.24, 2.45) is 0 Å². The van der Waals surface area contributed by atoms with Gasteiger partial charge in [0.25, 0.3) is 0 Å². The van der Waals surface area contributed by atoms with Gasteiger partial charge >= 0.3 is 13.4 Å². The lowest BCUT2D eigenvalue weighted by Crippen LogP contribution is -1.96. The Morgan fingerprint density at radius 3 is 2.11 bits per heavy atom. The van der Waals surface area contributed by atoms with Crippen molar-refractivity contribution in [3.05, 3.63) is 0 Å². The molecule has 0 N–H and O–H groups in total. The lowest BCUT2D eigenvalue weighted by molar-refractivity contribution is 0.187. The van der Waals surface area contributed by atoms with Crippen molar-refractivity contribution >= 4 is 13.4 Å². The number of hydrogen-bond donors (Lipinski definition) is 0. The van der Waals surface area contributed by atoms with Crippen molar-refractivity contribution in [3.8, 4) is 0 Å². The molecule has 6 heteroatoms. The van der Waals surface area contributed by atoms with Crippen molar-refractivity contribution < 1.29 is 22.8 Å². The lowest BCUT2D eigenvalue weighted by Gasteiger charge is -2.00. The summed E-state index contributed by atoms with van der Waals surface area (Å²) in [6.45, 7) is 0. The Bertz CT molecular complexity index is 156. The molecule has 0 aromatic carbocycles. The monoisotopic (exact) mass is 156 g/mol. The van der Waals surface area contributed by atoms with Crippen LogP contribution in [0.3, 0.4) is 0 Å². The fraction of sp³-hybridized carbons (Fsp3) is 0.667. The molecular weight excluding hydrogens is 150 g/mol. The van der Waals surface area contributed by atoms with Crippen molar-refractivity contribution in [3.63, 3.8) is 0 Å². The molecular formula is C3H6FO4P. The molecule has 4 nitrogen and oxygen atoms in total. The second kappa shape index (κ2) is 2.94. The minimum Gasteiger partial charge on any atom is -0.460 e. The minimum absolute atomic E-state index is 0.831. The summed E-state index contributed by atoms with van der Waals surface area (Å²) < 4.78 is 29.7. The van der Waals surface area contributed by atoms with Crippen LogP contribution >= 0.6 is 7.68 Å². The second-order valence-corrected chi connectivity index (χ2v) is 2.82. The summed E-state index contributed by atoms with van der Waals surface area (Å²) in [6.07, 6.45) is 0. The average Bonchev–Trinajstić information content (AvgIpc) is 1.86. The van der Waals surface area contributed by atoms with Gasteiger partial charge in [0.15, 0.2) is 0 Å². The summed E-state index contributed by atoms with van der Waals surface area (Å²) >= 11 is 0. The highest BCUT2D eigenvalue weighted by atomic mass is 31.2. The van der Waals surface area contributed by atoms with E-state index in [2.05, 4.69) is 9.26 Å². The molecule has 1 unspecified atom stereocenters. The third kappa shape index (κ3) is 2.11. The van der Waals surface area contributed by atoms with Crippen LogP contribution in [0.5, 0.6) is 0 Å². The highest BCUT2D eigenvalue weighted by Gasteiger charge is 2.32. The third-order valence-corrected chi connectivity index (χ3v) is 1.72. The molecule has 0 amide bonds. The van der Waals surface area contributed by atoms with Gasteiger partial charge < -0.3 is 9.26 Å². The lowest BCUT2D eigenvalue weighted by atomic mass is 11.5. The van der Waals surface area contributed by atoms with E-state index in [9.17, 15) is 13.6 Å². The van der Waals surface area contributed by atoms with Gasteiger partial charge in [-0.15, -0.1) is 4.20 Å². The van der Waals surface area contributed by atoms with Gasteiger partial charge in [-0.3, -0.25) is 0 Å². The number of halogens is 1. The molecule has 0 bridgehead atoms. The predicted octanol–water partition coefficient (Wildman–Crippen LogP) is 1.56. The van der Waals surface area contributed by atoms with Gasteiger partial charge in [-0.2, -0.15) is 0 Å². The molecule has 0 spiro atoms. The van der Waals surface area contributed by atoms with E-state index in [-0.39, 0.29) is 0 Å². The largest absolute Gasteiger partial charge is 0.473 e. The Labute approximate surface area is 51.5 Å². The number of ether oxygens (including phenoxy) is 1. The quantitative estimate of drug-likeness (QED) is 0.569. The molecule has 9 heavy (non-hydrogen) atoms. The zero-order chi connectivity index (χ0) is 7.49. The molecule has 0 aliphatic carbocycles. The van der Waals surface area contributed by atoms with Gasteiger partial charge in [-0.25, -0.2) is 9.36 Å². The summed E-state index contributed by atoms with van der Waals surface area (Å²) in [5, 5.41) is 0. The van der Waals surface area contributed by atoms with Gasteiger partial charge in [0.2, 0.25) is 0 Å². The molecule has 54 valence electrons. The Kier molecular flexibility index (Phi) is 2.81. The summed E-state index contributed by atoms with van der Waals surface area (Å²) in [5.74, 6) is 0. The summed E-state index contributed by atoms with van der Waals surface area (Å²) in [7, 11) is -2.87. The highest BCUT2D eigenvalue weighted by molar-refractivity contribution is 7.70. The standard InChI is InChI=1S/C3H6FO4P/c1-7-3(5)9(4,6)8-2/h1-2H3. The first-order valence-corrected chi connectivity index (χ1v) is 3.50. The third-order valence-electron chi connectivity index (χ3n) is 0.628. The zero-order valence-electron chi connectivity index (χ0n) is 4.96. The number of methoxy groups -OCH3 is 1. The topological polar surface area (TPSA) is 52.6 Å². The number of carbonyl (C=O) groups excluding carboxylic acids is 1. The Hall–Kier alpha value is -0.410. The van der Waals surface area contributed by atoms with E-state index < -0.39 is 13.4 Å². The summed E-state index contributed by atoms with van der Waals surface area (Å²) in [4.78, 5) is 10.1. The van der Waals surface area contributed by atoms with E-state index in [1.807, 2.05) is 0 Å². The maximum Gasteiger partial charge on any atom is 0.473 e. The van der Waals surface area contributed by atoms with Crippen LogP contribution in [-0.2, 0) is 13.8 Å². The van der Waals surface area contributed by atoms with Crippen molar-refractivity contribution in [2.75, 3.05) is 14.2 Å². The Balaban J connectivity index is 4.16. The smallest absolute Gasteiger partial charge is 0.460 e. The van der Waals surface area contributed by atoms with E-state index in [1.54, 1.807) is 0 Å². The van der Waals surface area contributed by atoms with E-state index in [1.165, 1.54) is 0 Å². The molecule has 0 aromatic rings. The van der Waals surface area contributed by atoms with E-state index >= 15 is 0 Å². The molecule has 0 fully saturated rings. The summed E-state index contributed by atoms with van der Waals surface area (Å²) in [5.41, 5.74) is -1.47. The molecule has 0 heterocycles. The maximum absolute atomic E-state index is 12.1. The minimum atomic E-state index is -4.63. The van der Waals surface area contributed by atoms with Crippen molar-refractivity contribution in [1.29, 1.82) is 0 Å².